The van der Waals surface area contributed by atoms with E-state index in [4.69, 9.17) is 9.47 Å². The number of amides is 1. The number of benzene rings is 2. The number of carbonyl (C=O) groups is 1. The van der Waals surface area contributed by atoms with Crippen molar-refractivity contribution in [3.8, 4) is 11.5 Å². The van der Waals surface area contributed by atoms with E-state index in [2.05, 4.69) is 19.0 Å². The maximum absolute atomic E-state index is 12.8. The largest absolute Gasteiger partial charge is 0.496 e. The maximum atomic E-state index is 12.8. The second kappa shape index (κ2) is 8.61. The van der Waals surface area contributed by atoms with Crippen LogP contribution >= 0.6 is 0 Å². The molecule has 0 spiro atoms. The summed E-state index contributed by atoms with van der Waals surface area (Å²) in [6.07, 6.45) is 4.60. The predicted molar refractivity (Wildman–Crippen MR) is 108 cm³/mol. The fourth-order valence-corrected chi connectivity index (χ4v) is 4.12. The van der Waals surface area contributed by atoms with E-state index < -0.39 is 0 Å². The number of nitrogens with zero attached hydrogens (tertiary/aromatic N) is 2. The molecule has 5 nitrogen and oxygen atoms in total. The smallest absolute Gasteiger partial charge is 0.260 e. The Balaban J connectivity index is 1.71. The van der Waals surface area contributed by atoms with Crippen LogP contribution in [0.3, 0.4) is 0 Å². The van der Waals surface area contributed by atoms with Gasteiger partial charge in [-0.1, -0.05) is 37.1 Å². The zero-order chi connectivity index (χ0) is 19.4. The Hall–Kier alpha value is -2.27. The minimum absolute atomic E-state index is 0.0219. The van der Waals surface area contributed by atoms with Crippen LogP contribution in [0.5, 0.6) is 11.5 Å². The highest BCUT2D eigenvalue weighted by molar-refractivity contribution is 5.93. The number of carbonyl (C=O) groups excluding carboxylic acids is 1. The van der Waals surface area contributed by atoms with Gasteiger partial charge in [0.1, 0.15) is 11.5 Å². The second-order valence-corrected chi connectivity index (χ2v) is 7.49. The minimum atomic E-state index is 0.0219. The Labute approximate surface area is 161 Å². The molecule has 1 fully saturated rings. The van der Waals surface area contributed by atoms with Gasteiger partial charge in [0.25, 0.3) is 5.91 Å². The van der Waals surface area contributed by atoms with Gasteiger partial charge in [-0.2, -0.15) is 0 Å². The summed E-state index contributed by atoms with van der Waals surface area (Å²) in [6, 6.07) is 12.3. The summed E-state index contributed by atoms with van der Waals surface area (Å²) >= 11 is 0. The molecule has 3 rings (SSSR count). The molecule has 0 bridgehead atoms. The van der Waals surface area contributed by atoms with Gasteiger partial charge in [-0.05, 0) is 39.1 Å². The third-order valence-electron chi connectivity index (χ3n) is 5.66. The number of ether oxygens (including phenoxy) is 2. The first-order chi connectivity index (χ1) is 13.0. The van der Waals surface area contributed by atoms with Gasteiger partial charge >= 0.3 is 0 Å². The van der Waals surface area contributed by atoms with E-state index in [-0.39, 0.29) is 18.6 Å². The van der Waals surface area contributed by atoms with Crippen molar-refractivity contribution < 1.29 is 14.3 Å². The molecule has 1 saturated carbocycles. The fourth-order valence-electron chi connectivity index (χ4n) is 4.12. The van der Waals surface area contributed by atoms with Crippen LogP contribution in [0.25, 0.3) is 10.8 Å². The van der Waals surface area contributed by atoms with Crippen LogP contribution in [-0.2, 0) is 4.79 Å². The summed E-state index contributed by atoms with van der Waals surface area (Å²) in [5.74, 6) is 1.53. The molecule has 1 amide bonds. The molecule has 5 heteroatoms. The van der Waals surface area contributed by atoms with E-state index in [0.717, 1.165) is 29.4 Å². The highest BCUT2D eigenvalue weighted by atomic mass is 16.5. The molecule has 0 N–H and O–H groups in total. The molecule has 146 valence electrons. The molecule has 0 heterocycles. The van der Waals surface area contributed by atoms with E-state index in [1.54, 1.807) is 7.11 Å². The van der Waals surface area contributed by atoms with Gasteiger partial charge in [-0.15, -0.1) is 0 Å². The van der Waals surface area contributed by atoms with Crippen LogP contribution in [0.1, 0.15) is 25.7 Å². The minimum Gasteiger partial charge on any atom is -0.496 e. The third kappa shape index (κ3) is 4.19. The molecule has 0 radical (unpaired) electrons. The Bertz CT molecular complexity index is 790. The van der Waals surface area contributed by atoms with Gasteiger partial charge in [-0.25, -0.2) is 0 Å². The lowest BCUT2D eigenvalue weighted by Gasteiger charge is -2.41. The molecule has 0 unspecified atom stereocenters. The number of hydrogen-bond donors (Lipinski definition) is 0. The van der Waals surface area contributed by atoms with Gasteiger partial charge in [-0.3, -0.25) is 4.79 Å². The lowest BCUT2D eigenvalue weighted by molar-refractivity contribution is -0.136. The molecule has 2 aromatic carbocycles. The average Bonchev–Trinajstić information content (AvgIpc) is 2.71. The summed E-state index contributed by atoms with van der Waals surface area (Å²) in [5, 5.41) is 1.94. The van der Waals surface area contributed by atoms with Crippen molar-refractivity contribution >= 4 is 16.7 Å². The molecule has 0 aliphatic heterocycles. The van der Waals surface area contributed by atoms with Crippen molar-refractivity contribution in [1.82, 2.24) is 9.80 Å². The summed E-state index contributed by atoms with van der Waals surface area (Å²) in [7, 11) is 7.76. The topological polar surface area (TPSA) is 42.0 Å². The van der Waals surface area contributed by atoms with Gasteiger partial charge < -0.3 is 19.3 Å². The summed E-state index contributed by atoms with van der Waals surface area (Å²) in [6.45, 7) is 0.0451. The van der Waals surface area contributed by atoms with E-state index in [9.17, 15) is 4.79 Å². The normalized spacial score (nSPS) is 19.9. The molecule has 0 saturated heterocycles. The standard InChI is InChI=1S/C22H30N2O3/c1-23(2)18-11-7-8-12-19(18)24(3)22(25)15-27-21-14-13-20(26-4)16-9-5-6-10-17(16)21/h5-6,9-10,13-14,18-19H,7-8,11-12,15H2,1-4H3/t18-,19-/m1/s1. The number of hydrogen-bond acceptors (Lipinski definition) is 4. The Morgan fingerprint density at radius 2 is 1.56 bits per heavy atom. The Morgan fingerprint density at radius 1 is 0.963 bits per heavy atom. The SMILES string of the molecule is COc1ccc(OCC(=O)N(C)[C@@H]2CCCC[C@H]2N(C)C)c2ccccc12. The van der Waals surface area contributed by atoms with E-state index in [1.165, 1.54) is 12.8 Å². The van der Waals surface area contributed by atoms with Gasteiger partial charge in [0, 0.05) is 29.9 Å². The number of likely N-dealkylation sites (N-methyl/N-ethyl adjacent to an activating group) is 2. The van der Waals surface area contributed by atoms with Crippen LogP contribution < -0.4 is 9.47 Å². The lowest BCUT2D eigenvalue weighted by Crippen LogP contribution is -2.52. The first kappa shape index (κ1) is 19.5. The molecule has 2 atom stereocenters. The zero-order valence-corrected chi connectivity index (χ0v) is 16.8. The Kier molecular flexibility index (Phi) is 6.22. The molecular weight excluding hydrogens is 340 g/mol. The number of methoxy groups -OCH3 is 1. The van der Waals surface area contributed by atoms with Crippen molar-refractivity contribution in [2.24, 2.45) is 0 Å². The maximum Gasteiger partial charge on any atom is 0.260 e. The van der Waals surface area contributed by atoms with E-state index in [1.807, 2.05) is 48.3 Å². The molecule has 2 aromatic rings. The quantitative estimate of drug-likeness (QED) is 0.780. The van der Waals surface area contributed by atoms with Gasteiger partial charge in [0.05, 0.1) is 7.11 Å². The third-order valence-corrected chi connectivity index (χ3v) is 5.66. The summed E-state index contributed by atoms with van der Waals surface area (Å²) < 4.78 is 11.4. The number of rotatable bonds is 6. The molecule has 1 aliphatic rings. The first-order valence-corrected chi connectivity index (χ1v) is 9.63. The van der Waals surface area contributed by atoms with Crippen molar-refractivity contribution in [1.29, 1.82) is 0 Å². The van der Waals surface area contributed by atoms with Crippen LogP contribution in [0.15, 0.2) is 36.4 Å². The van der Waals surface area contributed by atoms with E-state index >= 15 is 0 Å². The lowest BCUT2D eigenvalue weighted by atomic mass is 9.88. The fraction of sp³-hybridized carbons (Fsp3) is 0.500. The number of fused-ring (bicyclic) bond motifs is 1. The monoisotopic (exact) mass is 370 g/mol. The summed E-state index contributed by atoms with van der Waals surface area (Å²) in [4.78, 5) is 16.9. The van der Waals surface area contributed by atoms with Gasteiger partial charge in [0.2, 0.25) is 0 Å². The molecular formula is C22H30N2O3. The van der Waals surface area contributed by atoms with Crippen LogP contribution in [0.2, 0.25) is 0 Å². The zero-order valence-electron chi connectivity index (χ0n) is 16.8. The molecule has 27 heavy (non-hydrogen) atoms. The second-order valence-electron chi connectivity index (χ2n) is 7.49. The van der Waals surface area contributed by atoms with Crippen molar-refractivity contribution in [2.45, 2.75) is 37.8 Å². The van der Waals surface area contributed by atoms with Gasteiger partial charge in [0.15, 0.2) is 6.61 Å². The highest BCUT2D eigenvalue weighted by Crippen LogP contribution is 2.33. The van der Waals surface area contributed by atoms with Crippen molar-refractivity contribution in [2.75, 3.05) is 34.9 Å². The first-order valence-electron chi connectivity index (χ1n) is 9.63. The Morgan fingerprint density at radius 3 is 2.19 bits per heavy atom. The molecule has 0 aromatic heterocycles. The summed E-state index contributed by atoms with van der Waals surface area (Å²) in [5.41, 5.74) is 0. The molecule has 1 aliphatic carbocycles. The van der Waals surface area contributed by atoms with Crippen molar-refractivity contribution in [3.63, 3.8) is 0 Å². The van der Waals surface area contributed by atoms with Crippen LogP contribution in [-0.4, -0.2) is 62.7 Å². The highest BCUT2D eigenvalue weighted by Gasteiger charge is 2.32. The van der Waals surface area contributed by atoms with E-state index in [0.29, 0.717) is 11.8 Å². The average molecular weight is 370 g/mol. The van der Waals surface area contributed by atoms with Crippen LogP contribution in [0.4, 0.5) is 0 Å². The van der Waals surface area contributed by atoms with Crippen molar-refractivity contribution in [3.05, 3.63) is 36.4 Å². The predicted octanol–water partition coefficient (Wildman–Crippen LogP) is 3.56. The van der Waals surface area contributed by atoms with Crippen LogP contribution in [0, 0.1) is 0 Å².